The lowest BCUT2D eigenvalue weighted by atomic mass is 10.0. The van der Waals surface area contributed by atoms with Gasteiger partial charge in [0.15, 0.2) is 18.1 Å². The first-order valence-corrected chi connectivity index (χ1v) is 14.8. The summed E-state index contributed by atoms with van der Waals surface area (Å²) in [6.07, 6.45) is 3.30. The molecule has 1 fully saturated rings. The lowest BCUT2D eigenvalue weighted by Crippen LogP contribution is -2.36. The van der Waals surface area contributed by atoms with Gasteiger partial charge in [0.25, 0.3) is 5.91 Å². The highest BCUT2D eigenvalue weighted by Crippen LogP contribution is 2.41. The first kappa shape index (κ1) is 30.0. The van der Waals surface area contributed by atoms with Gasteiger partial charge in [-0.15, -0.1) is 0 Å². The Morgan fingerprint density at radius 3 is 2.33 bits per heavy atom. The SMILES string of the molecule is COc1cc(C=C2CCc3c2nc2ccccc2c3C(=O)OCC(=O)Nc2ccc(N3CCOCC3)cc2)cc(OC)c1OC. The number of carbonyl (C=O) groups excluding carboxylic acids is 2. The number of carbonyl (C=O) groups is 2. The number of morpholine rings is 1. The van der Waals surface area contributed by atoms with Crippen LogP contribution < -0.4 is 24.4 Å². The third-order valence-electron chi connectivity index (χ3n) is 8.04. The molecule has 1 aliphatic heterocycles. The smallest absolute Gasteiger partial charge is 0.339 e. The van der Waals surface area contributed by atoms with E-state index in [1.54, 1.807) is 21.3 Å². The zero-order valence-corrected chi connectivity index (χ0v) is 25.6. The van der Waals surface area contributed by atoms with Crippen molar-refractivity contribution in [1.82, 2.24) is 4.98 Å². The number of aromatic nitrogens is 1. The zero-order chi connectivity index (χ0) is 31.3. The molecule has 0 spiro atoms. The molecule has 45 heavy (non-hydrogen) atoms. The Labute approximate surface area is 261 Å². The summed E-state index contributed by atoms with van der Waals surface area (Å²) < 4.78 is 27.5. The maximum Gasteiger partial charge on any atom is 0.339 e. The number of hydrogen-bond donors (Lipinski definition) is 1. The van der Waals surface area contributed by atoms with E-state index in [-0.39, 0.29) is 0 Å². The molecule has 10 nitrogen and oxygen atoms in total. The minimum absolute atomic E-state index is 0.413. The number of methoxy groups -OCH3 is 3. The first-order valence-electron chi connectivity index (χ1n) is 14.8. The topological polar surface area (TPSA) is 108 Å². The molecule has 10 heteroatoms. The Balaban J connectivity index is 1.22. The summed E-state index contributed by atoms with van der Waals surface area (Å²) >= 11 is 0. The van der Waals surface area contributed by atoms with Crippen molar-refractivity contribution >= 4 is 45.8 Å². The van der Waals surface area contributed by atoms with Crippen LogP contribution in [0.3, 0.4) is 0 Å². The van der Waals surface area contributed by atoms with Crippen LogP contribution in [0.4, 0.5) is 11.4 Å². The van der Waals surface area contributed by atoms with Gasteiger partial charge in [0.2, 0.25) is 5.75 Å². The molecule has 1 aromatic heterocycles. The monoisotopic (exact) mass is 609 g/mol. The Morgan fingerprint density at radius 2 is 1.64 bits per heavy atom. The predicted molar refractivity (Wildman–Crippen MR) is 172 cm³/mol. The number of amides is 1. The van der Waals surface area contributed by atoms with E-state index in [0.29, 0.717) is 65.5 Å². The highest BCUT2D eigenvalue weighted by molar-refractivity contribution is 6.08. The van der Waals surface area contributed by atoms with Gasteiger partial charge in [-0.2, -0.15) is 0 Å². The fourth-order valence-electron chi connectivity index (χ4n) is 5.88. The van der Waals surface area contributed by atoms with Crippen molar-refractivity contribution in [2.45, 2.75) is 12.8 Å². The van der Waals surface area contributed by atoms with Gasteiger partial charge in [0.05, 0.1) is 51.3 Å². The van der Waals surface area contributed by atoms with E-state index in [4.69, 9.17) is 28.7 Å². The third kappa shape index (κ3) is 6.28. The number of hydrogen-bond acceptors (Lipinski definition) is 9. The van der Waals surface area contributed by atoms with E-state index >= 15 is 0 Å². The Bertz CT molecular complexity index is 1740. The van der Waals surface area contributed by atoms with Crippen LogP contribution >= 0.6 is 0 Å². The van der Waals surface area contributed by atoms with Crippen molar-refractivity contribution < 1.29 is 33.3 Å². The highest BCUT2D eigenvalue weighted by Gasteiger charge is 2.28. The number of nitrogens with one attached hydrogen (secondary N) is 1. The van der Waals surface area contributed by atoms with E-state index in [9.17, 15) is 9.59 Å². The standard InChI is InChI=1S/C35H35N3O7/c1-41-29-19-22(20-30(42-2)34(29)43-3)18-23-8-13-27-32(26-6-4-5-7-28(26)37-33(23)27)35(40)45-21-31(39)36-24-9-11-25(12-10-24)38-14-16-44-17-15-38/h4-7,9-12,18-20H,8,13-17,21H2,1-3H3,(H,36,39). The van der Waals surface area contributed by atoms with E-state index in [1.807, 2.05) is 66.7 Å². The summed E-state index contributed by atoms with van der Waals surface area (Å²) in [6.45, 7) is 2.65. The van der Waals surface area contributed by atoms with Crippen LogP contribution in [0.5, 0.6) is 17.2 Å². The van der Waals surface area contributed by atoms with Gasteiger partial charge in [0.1, 0.15) is 0 Å². The molecular weight excluding hydrogens is 574 g/mol. The second-order valence-corrected chi connectivity index (χ2v) is 10.7. The van der Waals surface area contributed by atoms with Crippen LogP contribution in [0, 0.1) is 0 Å². The van der Waals surface area contributed by atoms with Crippen LogP contribution in [0.25, 0.3) is 22.6 Å². The van der Waals surface area contributed by atoms with Gasteiger partial charge in [-0.25, -0.2) is 9.78 Å². The van der Waals surface area contributed by atoms with Crippen LogP contribution in [0.15, 0.2) is 60.7 Å². The van der Waals surface area contributed by atoms with Crippen LogP contribution in [0.1, 0.15) is 33.6 Å². The molecule has 2 aliphatic rings. The summed E-state index contributed by atoms with van der Waals surface area (Å²) in [5, 5.41) is 3.51. The second-order valence-electron chi connectivity index (χ2n) is 10.7. The zero-order valence-electron chi connectivity index (χ0n) is 25.6. The lowest BCUT2D eigenvalue weighted by molar-refractivity contribution is -0.119. The lowest BCUT2D eigenvalue weighted by Gasteiger charge is -2.28. The maximum atomic E-state index is 13.6. The van der Waals surface area contributed by atoms with Gasteiger partial charge >= 0.3 is 5.97 Å². The molecule has 0 radical (unpaired) electrons. The summed E-state index contributed by atoms with van der Waals surface area (Å²) in [4.78, 5) is 33.5. The van der Waals surface area contributed by atoms with E-state index in [0.717, 1.165) is 41.2 Å². The van der Waals surface area contributed by atoms with Gasteiger partial charge in [-0.1, -0.05) is 18.2 Å². The first-order chi connectivity index (χ1) is 22.0. The van der Waals surface area contributed by atoms with Crippen LogP contribution in [0.2, 0.25) is 0 Å². The summed E-state index contributed by atoms with van der Waals surface area (Å²) in [5.74, 6) is 0.627. The van der Waals surface area contributed by atoms with Crippen molar-refractivity contribution in [2.24, 2.45) is 0 Å². The second kappa shape index (κ2) is 13.3. The predicted octanol–water partition coefficient (Wildman–Crippen LogP) is 5.38. The molecule has 2 heterocycles. The van der Waals surface area contributed by atoms with Gasteiger partial charge < -0.3 is 33.9 Å². The number of esters is 1. The number of pyridine rings is 1. The molecule has 0 atom stereocenters. The summed E-state index contributed by atoms with van der Waals surface area (Å²) in [6, 6.07) is 18.8. The Kier molecular flexibility index (Phi) is 8.84. The number of ether oxygens (including phenoxy) is 5. The van der Waals surface area contributed by atoms with Gasteiger partial charge in [-0.3, -0.25) is 4.79 Å². The average molecular weight is 610 g/mol. The molecule has 1 N–H and O–H groups in total. The Hall–Kier alpha value is -5.09. The third-order valence-corrected chi connectivity index (χ3v) is 8.04. The van der Waals surface area contributed by atoms with Crippen molar-refractivity contribution in [2.75, 3.05) is 64.5 Å². The number of nitrogens with zero attached hydrogens (tertiary/aromatic N) is 2. The molecule has 1 amide bonds. The normalized spacial score (nSPS) is 15.1. The van der Waals surface area contributed by atoms with Crippen molar-refractivity contribution in [1.29, 1.82) is 0 Å². The highest BCUT2D eigenvalue weighted by atomic mass is 16.5. The molecule has 3 aromatic carbocycles. The molecule has 0 unspecified atom stereocenters. The minimum Gasteiger partial charge on any atom is -0.493 e. The fraction of sp³-hybridized carbons (Fsp3) is 0.286. The van der Waals surface area contributed by atoms with Gasteiger partial charge in [-0.05, 0) is 78.1 Å². The molecule has 0 bridgehead atoms. The minimum atomic E-state index is -0.559. The molecule has 4 aromatic rings. The molecule has 1 saturated heterocycles. The summed E-state index contributed by atoms with van der Waals surface area (Å²) in [5.41, 5.74) is 6.16. The van der Waals surface area contributed by atoms with Crippen molar-refractivity contribution in [3.8, 4) is 17.2 Å². The Morgan fingerprint density at radius 1 is 0.933 bits per heavy atom. The molecule has 1 aliphatic carbocycles. The average Bonchev–Trinajstić information content (AvgIpc) is 3.47. The number of benzene rings is 3. The number of para-hydroxylation sites is 1. The van der Waals surface area contributed by atoms with Crippen molar-refractivity contribution in [3.63, 3.8) is 0 Å². The van der Waals surface area contributed by atoms with Crippen LogP contribution in [-0.2, 0) is 20.7 Å². The number of anilines is 2. The molecule has 232 valence electrons. The van der Waals surface area contributed by atoms with E-state index in [2.05, 4.69) is 10.2 Å². The fourth-order valence-corrected chi connectivity index (χ4v) is 5.88. The summed E-state index contributed by atoms with van der Waals surface area (Å²) in [7, 11) is 4.72. The number of rotatable bonds is 9. The number of allylic oxidation sites excluding steroid dienone is 1. The molecule has 0 saturated carbocycles. The van der Waals surface area contributed by atoms with E-state index in [1.165, 1.54) is 0 Å². The molecule has 6 rings (SSSR count). The van der Waals surface area contributed by atoms with E-state index < -0.39 is 18.5 Å². The van der Waals surface area contributed by atoms with Crippen molar-refractivity contribution in [3.05, 3.63) is 83.0 Å². The number of fused-ring (bicyclic) bond motifs is 2. The maximum absolute atomic E-state index is 13.6. The molecular formula is C35H35N3O7. The quantitative estimate of drug-likeness (QED) is 0.250. The largest absolute Gasteiger partial charge is 0.493 e. The van der Waals surface area contributed by atoms with Crippen LogP contribution in [-0.4, -0.2) is 71.1 Å². The van der Waals surface area contributed by atoms with Gasteiger partial charge in [0, 0.05) is 29.9 Å².